The Morgan fingerprint density at radius 3 is 1.53 bits per heavy atom. The SMILES string of the molecule is CC/C(=C(\c1ccc(O)cc1[N+](=O)[O-])C([N+](=O)[O-])([N+](=O)[O-])C([N+](=O)[O-])([N+](=O)[O-])[N+](=O)[O-])c1ccc(O)cc1. The van der Waals surface area contributed by atoms with E-state index in [9.17, 15) is 70.9 Å². The summed E-state index contributed by atoms with van der Waals surface area (Å²) in [5.74, 6) is -6.73. The maximum atomic E-state index is 12.4. The molecule has 0 amide bonds. The first-order valence-corrected chi connectivity index (χ1v) is 9.85. The van der Waals surface area contributed by atoms with Crippen molar-refractivity contribution in [1.29, 1.82) is 0 Å². The quantitative estimate of drug-likeness (QED) is 0.179. The molecule has 0 bridgehead atoms. The van der Waals surface area contributed by atoms with Crippen molar-refractivity contribution >= 4 is 16.8 Å². The average molecular weight is 538 g/mol. The van der Waals surface area contributed by atoms with Crippen LogP contribution in [0.3, 0.4) is 0 Å². The van der Waals surface area contributed by atoms with E-state index in [0.29, 0.717) is 18.2 Å². The molecule has 0 aliphatic carbocycles. The lowest BCUT2D eigenvalue weighted by Gasteiger charge is -2.22. The van der Waals surface area contributed by atoms with Crippen LogP contribution in [-0.4, -0.2) is 51.2 Å². The highest BCUT2D eigenvalue weighted by atomic mass is 16.8. The first-order valence-electron chi connectivity index (χ1n) is 9.85. The summed E-state index contributed by atoms with van der Waals surface area (Å²) in [6.07, 6.45) is -0.620. The fourth-order valence-electron chi connectivity index (χ4n) is 3.87. The van der Waals surface area contributed by atoms with Crippen LogP contribution in [0.1, 0.15) is 24.5 Å². The number of hydrogen-bond acceptors (Lipinski definition) is 14. The van der Waals surface area contributed by atoms with Gasteiger partial charge in [0.25, 0.3) is 5.69 Å². The van der Waals surface area contributed by atoms with Crippen LogP contribution in [0.25, 0.3) is 11.1 Å². The lowest BCUT2D eigenvalue weighted by atomic mass is 9.80. The first-order chi connectivity index (χ1) is 17.6. The van der Waals surface area contributed by atoms with Crippen LogP contribution in [0, 0.1) is 60.7 Å². The molecule has 0 unspecified atom stereocenters. The van der Waals surface area contributed by atoms with Crippen LogP contribution in [0.5, 0.6) is 11.5 Å². The smallest absolute Gasteiger partial charge is 0.508 e. The van der Waals surface area contributed by atoms with E-state index in [1.807, 2.05) is 0 Å². The Balaban J connectivity index is 3.51. The van der Waals surface area contributed by atoms with Crippen molar-refractivity contribution in [3.63, 3.8) is 0 Å². The second-order valence-corrected chi connectivity index (χ2v) is 7.31. The highest BCUT2D eigenvalue weighted by Gasteiger charge is 3.04. The van der Waals surface area contributed by atoms with Gasteiger partial charge < -0.3 is 10.2 Å². The number of hydrogen-bond donors (Lipinski definition) is 2. The second-order valence-electron chi connectivity index (χ2n) is 7.31. The molecule has 0 aliphatic rings. The topological polar surface area (TPSA) is 299 Å². The zero-order valence-corrected chi connectivity index (χ0v) is 18.7. The van der Waals surface area contributed by atoms with Gasteiger partial charge in [-0.1, -0.05) is 19.1 Å². The van der Waals surface area contributed by atoms with Crippen LogP contribution < -0.4 is 0 Å². The van der Waals surface area contributed by atoms with Crippen molar-refractivity contribution in [2.75, 3.05) is 0 Å². The molecule has 0 fully saturated rings. The lowest BCUT2D eigenvalue weighted by Crippen LogP contribution is -2.75. The van der Waals surface area contributed by atoms with Gasteiger partial charge in [0.15, 0.2) is 20.3 Å². The summed E-state index contributed by atoms with van der Waals surface area (Å²) in [4.78, 5) is 59.4. The molecule has 20 nitrogen and oxygen atoms in total. The summed E-state index contributed by atoms with van der Waals surface area (Å²) in [7, 11) is 0. The predicted molar refractivity (Wildman–Crippen MR) is 120 cm³/mol. The molecule has 2 rings (SSSR count). The zero-order chi connectivity index (χ0) is 29.2. The maximum absolute atomic E-state index is 12.4. The summed E-state index contributed by atoms with van der Waals surface area (Å²) < 4.78 is 0. The number of allylic oxidation sites excluding steroid dienone is 1. The maximum Gasteiger partial charge on any atom is 0.846 e. The molecule has 0 atom stereocenters. The van der Waals surface area contributed by atoms with Gasteiger partial charge in [-0.05, 0) is 41.8 Å². The number of aromatic hydroxyl groups is 2. The molecular formula is C18H14N6O14. The van der Waals surface area contributed by atoms with Crippen LogP contribution >= 0.6 is 0 Å². The van der Waals surface area contributed by atoms with Gasteiger partial charge in [0.1, 0.15) is 21.3 Å². The largest absolute Gasteiger partial charge is 0.846 e. The van der Waals surface area contributed by atoms with Gasteiger partial charge in [0, 0.05) is 0 Å². The molecule has 0 saturated carbocycles. The molecule has 20 heteroatoms. The van der Waals surface area contributed by atoms with E-state index in [0.717, 1.165) is 31.2 Å². The van der Waals surface area contributed by atoms with E-state index in [4.69, 9.17) is 0 Å². The van der Waals surface area contributed by atoms with Crippen LogP contribution in [0.4, 0.5) is 5.69 Å². The van der Waals surface area contributed by atoms with Crippen molar-refractivity contribution in [1.82, 2.24) is 0 Å². The van der Waals surface area contributed by atoms with Crippen LogP contribution in [-0.2, 0) is 0 Å². The van der Waals surface area contributed by atoms with E-state index < -0.39 is 81.3 Å². The molecule has 0 spiro atoms. The third-order valence-corrected chi connectivity index (χ3v) is 5.43. The number of nitro groups is 6. The lowest BCUT2D eigenvalue weighted by molar-refractivity contribution is -1.04. The van der Waals surface area contributed by atoms with E-state index in [-0.39, 0.29) is 5.56 Å². The van der Waals surface area contributed by atoms with Gasteiger partial charge in [-0.15, -0.1) is 0 Å². The standard InChI is InChI=1S/C18H14N6O14/c1-2-13(10-3-5-11(25)6-4-10)16(14-8-7-12(26)9-15(14)19(27)28)17(20(29)30,21(31)32)18(22(33)34,23(35)36)24(37)38/h3-9,25-26H,2H2,1H3/b16-13-. The zero-order valence-electron chi connectivity index (χ0n) is 18.7. The van der Waals surface area contributed by atoms with Gasteiger partial charge in [-0.3, -0.25) is 60.7 Å². The molecule has 200 valence electrons. The van der Waals surface area contributed by atoms with Gasteiger partial charge in [0.2, 0.25) is 0 Å². The fourth-order valence-corrected chi connectivity index (χ4v) is 3.87. The van der Waals surface area contributed by atoms with E-state index in [1.165, 1.54) is 0 Å². The third kappa shape index (κ3) is 4.00. The molecule has 2 aromatic carbocycles. The summed E-state index contributed by atoms with van der Waals surface area (Å²) in [5, 5.41) is 91.8. The molecule has 0 heterocycles. The molecule has 0 saturated heterocycles. The van der Waals surface area contributed by atoms with E-state index in [2.05, 4.69) is 0 Å². The Morgan fingerprint density at radius 2 is 1.16 bits per heavy atom. The molecule has 2 N–H and O–H groups in total. The van der Waals surface area contributed by atoms with E-state index in [1.54, 1.807) is 0 Å². The van der Waals surface area contributed by atoms with E-state index >= 15 is 0 Å². The monoisotopic (exact) mass is 538 g/mol. The van der Waals surface area contributed by atoms with Gasteiger partial charge in [0.05, 0.1) is 16.6 Å². The summed E-state index contributed by atoms with van der Waals surface area (Å²) in [5.41, 5.74) is -10.6. The van der Waals surface area contributed by atoms with Crippen molar-refractivity contribution in [3.8, 4) is 11.5 Å². The van der Waals surface area contributed by atoms with Crippen molar-refractivity contribution < 1.29 is 39.8 Å². The number of nitrogens with zero attached hydrogens (tertiary/aromatic N) is 6. The Kier molecular flexibility index (Phi) is 7.51. The van der Waals surface area contributed by atoms with Gasteiger partial charge >= 0.3 is 11.4 Å². The number of rotatable bonds is 11. The Hall–Kier alpha value is -5.82. The summed E-state index contributed by atoms with van der Waals surface area (Å²) >= 11 is 0. The Labute approximate surface area is 207 Å². The molecule has 0 aromatic heterocycles. The Morgan fingerprint density at radius 1 is 0.711 bits per heavy atom. The fraction of sp³-hybridized carbons (Fsp3) is 0.222. The predicted octanol–water partition coefficient (Wildman–Crippen LogP) is 2.06. The third-order valence-electron chi connectivity index (χ3n) is 5.43. The second kappa shape index (κ2) is 10.0. The van der Waals surface area contributed by atoms with Crippen molar-refractivity contribution in [2.24, 2.45) is 0 Å². The minimum Gasteiger partial charge on any atom is -0.508 e. The molecule has 0 radical (unpaired) electrons. The van der Waals surface area contributed by atoms with Crippen molar-refractivity contribution in [2.45, 2.75) is 24.8 Å². The van der Waals surface area contributed by atoms with Gasteiger partial charge in [-0.2, -0.15) is 0 Å². The molecule has 0 aliphatic heterocycles. The first kappa shape index (κ1) is 28.4. The summed E-state index contributed by atoms with van der Waals surface area (Å²) in [6, 6.07) is 5.20. The molecular weight excluding hydrogens is 524 g/mol. The van der Waals surface area contributed by atoms with Crippen molar-refractivity contribution in [3.05, 3.63) is 114 Å². The van der Waals surface area contributed by atoms with Crippen LogP contribution in [0.2, 0.25) is 0 Å². The molecule has 38 heavy (non-hydrogen) atoms. The summed E-state index contributed by atoms with van der Waals surface area (Å²) in [6.45, 7) is 1.14. The number of phenolic OH excluding ortho intramolecular Hbond substituents is 2. The van der Waals surface area contributed by atoms with Gasteiger partial charge in [-0.25, -0.2) is 0 Å². The highest BCUT2D eigenvalue weighted by Crippen LogP contribution is 2.49. The minimum absolute atomic E-state index is 0.330. The minimum atomic E-state index is -5.46. The average Bonchev–Trinajstić information content (AvgIpc) is 2.81. The van der Waals surface area contributed by atoms with Crippen LogP contribution in [0.15, 0.2) is 42.5 Å². The number of benzene rings is 2. The number of phenols is 2. The number of nitro benzene ring substituents is 1. The Bertz CT molecular complexity index is 1350. The normalized spacial score (nSPS) is 12.2. The highest BCUT2D eigenvalue weighted by molar-refractivity contribution is 5.96. The molecule has 2 aromatic rings.